The molecule has 0 aromatic carbocycles. The number of nitrogens with one attached hydrogen (secondary N) is 2. The largest absolute Gasteiger partial charge is 0.325 e. The van der Waals surface area contributed by atoms with Crippen LogP contribution in [-0.4, -0.2) is 24.5 Å². The number of halogens is 1. The molecule has 0 atom stereocenters. The molecule has 1 aromatic heterocycles. The number of carbonyl (C=O) groups excluding carboxylic acids is 1. The van der Waals surface area contributed by atoms with Crippen molar-refractivity contribution in [1.29, 1.82) is 0 Å². The molecule has 0 fully saturated rings. The standard InChI is InChI=1S/C9H12BrN3O/c1-11-4-3-9(14)13-8-2-5-12-6-7(8)10/h2,5-6,11H,3-4H2,1H3,(H,12,13,14). The van der Waals surface area contributed by atoms with Gasteiger partial charge in [0.25, 0.3) is 0 Å². The summed E-state index contributed by atoms with van der Waals surface area (Å²) in [5.41, 5.74) is 0.751. The van der Waals surface area contributed by atoms with E-state index in [-0.39, 0.29) is 5.91 Å². The average molecular weight is 258 g/mol. The summed E-state index contributed by atoms with van der Waals surface area (Å²) in [7, 11) is 1.82. The lowest BCUT2D eigenvalue weighted by Crippen LogP contribution is -2.18. The predicted octanol–water partition coefficient (Wildman–Crippen LogP) is 1.39. The van der Waals surface area contributed by atoms with Gasteiger partial charge in [-0.3, -0.25) is 9.78 Å². The number of nitrogens with zero attached hydrogens (tertiary/aromatic N) is 1. The number of hydrogen-bond acceptors (Lipinski definition) is 3. The highest BCUT2D eigenvalue weighted by molar-refractivity contribution is 9.10. The Hall–Kier alpha value is -0.940. The molecule has 0 bridgehead atoms. The van der Waals surface area contributed by atoms with Crippen molar-refractivity contribution in [2.24, 2.45) is 0 Å². The van der Waals surface area contributed by atoms with Gasteiger partial charge in [0.1, 0.15) is 0 Å². The van der Waals surface area contributed by atoms with Crippen LogP contribution in [0.4, 0.5) is 5.69 Å². The topological polar surface area (TPSA) is 54.0 Å². The molecule has 14 heavy (non-hydrogen) atoms. The third-order valence-corrected chi connectivity index (χ3v) is 2.28. The normalized spacial score (nSPS) is 9.86. The second kappa shape index (κ2) is 5.72. The van der Waals surface area contributed by atoms with E-state index < -0.39 is 0 Å². The van der Waals surface area contributed by atoms with Gasteiger partial charge in [0.15, 0.2) is 0 Å². The zero-order chi connectivity index (χ0) is 10.4. The van der Waals surface area contributed by atoms with Crippen molar-refractivity contribution in [2.75, 3.05) is 18.9 Å². The van der Waals surface area contributed by atoms with Gasteiger partial charge >= 0.3 is 0 Å². The van der Waals surface area contributed by atoms with Gasteiger partial charge < -0.3 is 10.6 Å². The summed E-state index contributed by atoms with van der Waals surface area (Å²) in [6.07, 6.45) is 3.75. The summed E-state index contributed by atoms with van der Waals surface area (Å²) in [5, 5.41) is 5.69. The van der Waals surface area contributed by atoms with Crippen LogP contribution >= 0.6 is 15.9 Å². The van der Waals surface area contributed by atoms with Crippen LogP contribution in [0.15, 0.2) is 22.9 Å². The minimum Gasteiger partial charge on any atom is -0.325 e. The highest BCUT2D eigenvalue weighted by Gasteiger charge is 2.03. The van der Waals surface area contributed by atoms with Gasteiger partial charge in [0.05, 0.1) is 10.2 Å². The first-order valence-corrected chi connectivity index (χ1v) is 5.07. The number of rotatable bonds is 4. The molecule has 4 nitrogen and oxygen atoms in total. The maximum atomic E-state index is 11.3. The number of pyridine rings is 1. The fourth-order valence-electron chi connectivity index (χ4n) is 0.928. The fraction of sp³-hybridized carbons (Fsp3) is 0.333. The van der Waals surface area contributed by atoms with E-state index in [2.05, 4.69) is 31.5 Å². The Labute approximate surface area is 91.2 Å². The molecule has 0 unspecified atom stereocenters. The van der Waals surface area contributed by atoms with E-state index in [1.807, 2.05) is 7.05 Å². The highest BCUT2D eigenvalue weighted by Crippen LogP contribution is 2.19. The molecule has 76 valence electrons. The Morgan fingerprint density at radius 3 is 3.07 bits per heavy atom. The highest BCUT2D eigenvalue weighted by atomic mass is 79.9. The molecule has 1 heterocycles. The third kappa shape index (κ3) is 3.43. The second-order valence-corrected chi connectivity index (χ2v) is 3.61. The SMILES string of the molecule is CNCCC(=O)Nc1ccncc1Br. The molecule has 5 heteroatoms. The number of hydrogen-bond donors (Lipinski definition) is 2. The van der Waals surface area contributed by atoms with Gasteiger partial charge in [-0.05, 0) is 29.0 Å². The van der Waals surface area contributed by atoms with Crippen molar-refractivity contribution < 1.29 is 4.79 Å². The lowest BCUT2D eigenvalue weighted by Gasteiger charge is -2.05. The van der Waals surface area contributed by atoms with Gasteiger partial charge in [-0.15, -0.1) is 0 Å². The summed E-state index contributed by atoms with van der Waals surface area (Å²) in [4.78, 5) is 15.2. The maximum absolute atomic E-state index is 11.3. The first-order valence-electron chi connectivity index (χ1n) is 4.28. The molecule has 0 radical (unpaired) electrons. The summed E-state index contributed by atoms with van der Waals surface area (Å²) in [6, 6.07) is 1.75. The first kappa shape index (κ1) is 11.1. The molecule has 0 aliphatic carbocycles. The molecular weight excluding hydrogens is 246 g/mol. The Bertz CT molecular complexity index is 317. The summed E-state index contributed by atoms with van der Waals surface area (Å²) < 4.78 is 0.790. The maximum Gasteiger partial charge on any atom is 0.225 e. The van der Waals surface area contributed by atoms with E-state index in [0.29, 0.717) is 13.0 Å². The van der Waals surface area contributed by atoms with Crippen molar-refractivity contribution in [3.63, 3.8) is 0 Å². The van der Waals surface area contributed by atoms with Gasteiger partial charge in [-0.2, -0.15) is 0 Å². The van der Waals surface area contributed by atoms with Crippen LogP contribution in [0.25, 0.3) is 0 Å². The Balaban J connectivity index is 2.52. The monoisotopic (exact) mass is 257 g/mol. The Kier molecular flexibility index (Phi) is 4.55. The van der Waals surface area contributed by atoms with Crippen LogP contribution in [0.3, 0.4) is 0 Å². The van der Waals surface area contributed by atoms with E-state index in [0.717, 1.165) is 10.2 Å². The number of amides is 1. The lowest BCUT2D eigenvalue weighted by molar-refractivity contribution is -0.116. The van der Waals surface area contributed by atoms with E-state index in [9.17, 15) is 4.79 Å². The average Bonchev–Trinajstić information content (AvgIpc) is 2.18. The van der Waals surface area contributed by atoms with Crippen LogP contribution in [0.5, 0.6) is 0 Å². The second-order valence-electron chi connectivity index (χ2n) is 2.76. The summed E-state index contributed by atoms with van der Waals surface area (Å²) in [6.45, 7) is 0.675. The van der Waals surface area contributed by atoms with Gasteiger partial charge in [0, 0.05) is 25.4 Å². The number of anilines is 1. The third-order valence-electron chi connectivity index (χ3n) is 1.65. The molecule has 0 saturated carbocycles. The smallest absolute Gasteiger partial charge is 0.225 e. The molecule has 1 rings (SSSR count). The van der Waals surface area contributed by atoms with Crippen LogP contribution in [0.2, 0.25) is 0 Å². The molecule has 0 saturated heterocycles. The zero-order valence-corrected chi connectivity index (χ0v) is 9.47. The van der Waals surface area contributed by atoms with Crippen LogP contribution in [0.1, 0.15) is 6.42 Å². The molecule has 0 spiro atoms. The lowest BCUT2D eigenvalue weighted by atomic mass is 10.3. The number of carbonyl (C=O) groups is 1. The first-order chi connectivity index (χ1) is 6.74. The molecule has 0 aliphatic rings. The summed E-state index contributed by atoms with van der Waals surface area (Å²) in [5.74, 6) is -0.00810. The quantitative estimate of drug-likeness (QED) is 0.858. The van der Waals surface area contributed by atoms with Gasteiger partial charge in [-0.1, -0.05) is 0 Å². The van der Waals surface area contributed by atoms with Crippen LogP contribution < -0.4 is 10.6 Å². The minimum absolute atomic E-state index is 0.00810. The van der Waals surface area contributed by atoms with Crippen molar-refractivity contribution in [1.82, 2.24) is 10.3 Å². The zero-order valence-electron chi connectivity index (χ0n) is 7.88. The van der Waals surface area contributed by atoms with Crippen molar-refractivity contribution >= 4 is 27.5 Å². The van der Waals surface area contributed by atoms with Crippen LogP contribution in [0, 0.1) is 0 Å². The molecule has 1 aromatic rings. The van der Waals surface area contributed by atoms with E-state index in [4.69, 9.17) is 0 Å². The molecule has 2 N–H and O–H groups in total. The molecule has 0 aliphatic heterocycles. The van der Waals surface area contributed by atoms with Crippen LogP contribution in [-0.2, 0) is 4.79 Å². The summed E-state index contributed by atoms with van der Waals surface area (Å²) >= 11 is 3.30. The van der Waals surface area contributed by atoms with E-state index in [1.54, 1.807) is 18.5 Å². The van der Waals surface area contributed by atoms with Crippen molar-refractivity contribution in [2.45, 2.75) is 6.42 Å². The minimum atomic E-state index is -0.00810. The fourth-order valence-corrected chi connectivity index (χ4v) is 1.28. The molecular formula is C9H12BrN3O. The van der Waals surface area contributed by atoms with Crippen molar-refractivity contribution in [3.8, 4) is 0 Å². The Morgan fingerprint density at radius 1 is 1.64 bits per heavy atom. The number of aromatic nitrogens is 1. The van der Waals surface area contributed by atoms with Crippen molar-refractivity contribution in [3.05, 3.63) is 22.9 Å². The predicted molar refractivity (Wildman–Crippen MR) is 59.1 cm³/mol. The van der Waals surface area contributed by atoms with Gasteiger partial charge in [0.2, 0.25) is 5.91 Å². The van der Waals surface area contributed by atoms with E-state index in [1.165, 1.54) is 0 Å². The Morgan fingerprint density at radius 2 is 2.43 bits per heavy atom. The van der Waals surface area contributed by atoms with E-state index >= 15 is 0 Å². The molecule has 1 amide bonds. The van der Waals surface area contributed by atoms with Gasteiger partial charge in [-0.25, -0.2) is 0 Å².